The minimum atomic E-state index is 0.618. The Labute approximate surface area is 101 Å². The molecule has 0 nitrogen and oxygen atoms in total. The molecule has 0 radical (unpaired) electrons. The summed E-state index contributed by atoms with van der Waals surface area (Å²) in [6.45, 7) is 10.6. The van der Waals surface area contributed by atoms with E-state index in [1.165, 1.54) is 11.1 Å². The Kier molecular flexibility index (Phi) is 8.24. The summed E-state index contributed by atoms with van der Waals surface area (Å²) in [6.07, 6.45) is 16.8. The van der Waals surface area contributed by atoms with Gasteiger partial charge in [-0.1, -0.05) is 73.6 Å². The molecule has 88 valence electrons. The van der Waals surface area contributed by atoms with Crippen LogP contribution in [-0.2, 0) is 0 Å². The van der Waals surface area contributed by atoms with E-state index in [4.69, 9.17) is 0 Å². The summed E-state index contributed by atoms with van der Waals surface area (Å²) in [7, 11) is 0. The molecular formula is C16H24. The second-order valence-electron chi connectivity index (χ2n) is 4.53. The lowest BCUT2D eigenvalue weighted by Crippen LogP contribution is -1.74. The van der Waals surface area contributed by atoms with Crippen LogP contribution in [0.25, 0.3) is 0 Å². The summed E-state index contributed by atoms with van der Waals surface area (Å²) >= 11 is 0. The van der Waals surface area contributed by atoms with Gasteiger partial charge in [-0.3, -0.25) is 0 Å². The number of hydrogen-bond donors (Lipinski definition) is 0. The zero-order chi connectivity index (χ0) is 12.4. The van der Waals surface area contributed by atoms with E-state index in [0.29, 0.717) is 5.92 Å². The predicted molar refractivity (Wildman–Crippen MR) is 75.4 cm³/mol. The minimum absolute atomic E-state index is 0.618. The fourth-order valence-electron chi connectivity index (χ4n) is 1.01. The van der Waals surface area contributed by atoms with Crippen LogP contribution in [0.1, 0.15) is 34.6 Å². The molecule has 0 heterocycles. The van der Waals surface area contributed by atoms with Crippen LogP contribution in [0.2, 0.25) is 0 Å². The highest BCUT2D eigenvalue weighted by atomic mass is 13.9. The minimum Gasteiger partial charge on any atom is -0.0820 e. The molecule has 0 spiro atoms. The summed E-state index contributed by atoms with van der Waals surface area (Å²) in [5.41, 5.74) is 2.58. The first-order chi connectivity index (χ1) is 7.52. The molecule has 0 aliphatic heterocycles. The Morgan fingerprint density at radius 3 is 2.06 bits per heavy atom. The second-order valence-corrected chi connectivity index (χ2v) is 4.53. The first-order valence-electron chi connectivity index (χ1n) is 5.85. The van der Waals surface area contributed by atoms with Crippen molar-refractivity contribution in [1.82, 2.24) is 0 Å². The third kappa shape index (κ3) is 10.8. The van der Waals surface area contributed by atoms with Gasteiger partial charge < -0.3 is 0 Å². The van der Waals surface area contributed by atoms with Gasteiger partial charge in [0.15, 0.2) is 0 Å². The Morgan fingerprint density at radius 2 is 1.50 bits per heavy atom. The fraction of sp³-hybridized carbons (Fsp3) is 0.375. The topological polar surface area (TPSA) is 0 Å². The standard InChI is InChI=1S/C16H24/c1-14(2)10-7-6-8-12-16(5)13-9-11-15(3)4/h6-14H,1-5H3/b8-6+,10-7+,13-9+,16-12+. The van der Waals surface area contributed by atoms with Crippen molar-refractivity contribution < 1.29 is 0 Å². The summed E-state index contributed by atoms with van der Waals surface area (Å²) in [5, 5.41) is 0. The normalized spacial score (nSPS) is 13.5. The highest BCUT2D eigenvalue weighted by Crippen LogP contribution is 1.98. The monoisotopic (exact) mass is 216 g/mol. The molecule has 0 aromatic carbocycles. The van der Waals surface area contributed by atoms with Crippen molar-refractivity contribution in [2.75, 3.05) is 0 Å². The van der Waals surface area contributed by atoms with E-state index in [0.717, 1.165) is 0 Å². The van der Waals surface area contributed by atoms with Crippen molar-refractivity contribution in [1.29, 1.82) is 0 Å². The predicted octanol–water partition coefficient (Wildman–Crippen LogP) is 5.22. The van der Waals surface area contributed by atoms with Crippen LogP contribution in [-0.4, -0.2) is 0 Å². The fourth-order valence-corrected chi connectivity index (χ4v) is 1.01. The maximum atomic E-state index is 2.18. The first kappa shape index (κ1) is 14.7. The number of allylic oxidation sites excluding steroid dienone is 10. The van der Waals surface area contributed by atoms with Gasteiger partial charge in [0.05, 0.1) is 0 Å². The van der Waals surface area contributed by atoms with Gasteiger partial charge in [-0.25, -0.2) is 0 Å². The lowest BCUT2D eigenvalue weighted by Gasteiger charge is -1.89. The van der Waals surface area contributed by atoms with Gasteiger partial charge in [0.25, 0.3) is 0 Å². The first-order valence-corrected chi connectivity index (χ1v) is 5.85. The molecule has 0 saturated heterocycles. The van der Waals surface area contributed by atoms with Gasteiger partial charge in [0.1, 0.15) is 0 Å². The maximum absolute atomic E-state index is 2.18. The van der Waals surface area contributed by atoms with Crippen molar-refractivity contribution in [2.45, 2.75) is 34.6 Å². The van der Waals surface area contributed by atoms with Crippen molar-refractivity contribution >= 4 is 0 Å². The molecule has 0 aromatic rings. The van der Waals surface area contributed by atoms with Gasteiger partial charge >= 0.3 is 0 Å². The van der Waals surface area contributed by atoms with Gasteiger partial charge in [-0.2, -0.15) is 0 Å². The Balaban J connectivity index is 4.14. The summed E-state index contributed by atoms with van der Waals surface area (Å²) < 4.78 is 0. The van der Waals surface area contributed by atoms with E-state index in [1.54, 1.807) is 0 Å². The van der Waals surface area contributed by atoms with Crippen LogP contribution in [0.3, 0.4) is 0 Å². The van der Waals surface area contributed by atoms with Crippen LogP contribution >= 0.6 is 0 Å². The van der Waals surface area contributed by atoms with E-state index >= 15 is 0 Å². The van der Waals surface area contributed by atoms with E-state index < -0.39 is 0 Å². The highest BCUT2D eigenvalue weighted by Gasteiger charge is 1.79. The van der Waals surface area contributed by atoms with Crippen LogP contribution < -0.4 is 0 Å². The summed E-state index contributed by atoms with van der Waals surface area (Å²) in [6, 6.07) is 0. The van der Waals surface area contributed by atoms with Crippen LogP contribution in [0.4, 0.5) is 0 Å². The molecule has 0 fully saturated rings. The van der Waals surface area contributed by atoms with Crippen molar-refractivity contribution in [3.05, 3.63) is 59.8 Å². The van der Waals surface area contributed by atoms with E-state index in [9.17, 15) is 0 Å². The van der Waals surface area contributed by atoms with E-state index in [-0.39, 0.29) is 0 Å². The van der Waals surface area contributed by atoms with Crippen LogP contribution in [0.5, 0.6) is 0 Å². The lowest BCUT2D eigenvalue weighted by atomic mass is 10.2. The average Bonchev–Trinajstić information content (AvgIpc) is 2.16. The molecule has 0 amide bonds. The molecule has 0 aliphatic rings. The van der Waals surface area contributed by atoms with Crippen molar-refractivity contribution in [2.24, 2.45) is 5.92 Å². The van der Waals surface area contributed by atoms with E-state index in [2.05, 4.69) is 83.2 Å². The molecule has 0 aliphatic carbocycles. The van der Waals surface area contributed by atoms with Crippen molar-refractivity contribution in [3.8, 4) is 0 Å². The zero-order valence-electron chi connectivity index (χ0n) is 11.2. The Morgan fingerprint density at radius 1 is 0.812 bits per heavy atom. The molecular weight excluding hydrogens is 192 g/mol. The third-order valence-corrected chi connectivity index (χ3v) is 1.87. The molecule has 0 unspecified atom stereocenters. The van der Waals surface area contributed by atoms with Gasteiger partial charge in [-0.15, -0.1) is 0 Å². The summed E-state index contributed by atoms with van der Waals surface area (Å²) in [5.74, 6) is 0.618. The second kappa shape index (κ2) is 8.96. The molecule has 0 bridgehead atoms. The summed E-state index contributed by atoms with van der Waals surface area (Å²) in [4.78, 5) is 0. The quantitative estimate of drug-likeness (QED) is 0.552. The Bertz CT molecular complexity index is 316. The lowest BCUT2D eigenvalue weighted by molar-refractivity contribution is 0.832. The number of hydrogen-bond acceptors (Lipinski definition) is 0. The molecule has 0 saturated carbocycles. The largest absolute Gasteiger partial charge is 0.0820 e. The van der Waals surface area contributed by atoms with Gasteiger partial charge in [0, 0.05) is 0 Å². The Hall–Kier alpha value is -1.30. The SMILES string of the molecule is CC(C)=C/C=C/C(C)=C/C=C/C=C/C(C)C. The molecule has 0 N–H and O–H groups in total. The maximum Gasteiger partial charge on any atom is -0.0287 e. The van der Waals surface area contributed by atoms with Gasteiger partial charge in [0.2, 0.25) is 0 Å². The smallest absolute Gasteiger partial charge is 0.0287 e. The third-order valence-electron chi connectivity index (χ3n) is 1.87. The van der Waals surface area contributed by atoms with Gasteiger partial charge in [-0.05, 0) is 26.7 Å². The molecule has 16 heavy (non-hydrogen) atoms. The highest BCUT2D eigenvalue weighted by molar-refractivity contribution is 5.26. The molecule has 0 heteroatoms. The van der Waals surface area contributed by atoms with E-state index in [1.807, 2.05) is 0 Å². The molecule has 0 rings (SSSR count). The molecule has 0 atom stereocenters. The zero-order valence-corrected chi connectivity index (χ0v) is 11.2. The average molecular weight is 216 g/mol. The number of rotatable bonds is 5. The molecule has 0 aromatic heterocycles. The van der Waals surface area contributed by atoms with Crippen LogP contribution in [0.15, 0.2) is 59.8 Å². The van der Waals surface area contributed by atoms with Crippen LogP contribution in [0, 0.1) is 5.92 Å². The van der Waals surface area contributed by atoms with Crippen molar-refractivity contribution in [3.63, 3.8) is 0 Å².